The predicted molar refractivity (Wildman–Crippen MR) is 85.5 cm³/mol. The van der Waals surface area contributed by atoms with Gasteiger partial charge in [0.15, 0.2) is 0 Å². The number of rotatable bonds is 4. The van der Waals surface area contributed by atoms with Crippen LogP contribution in [0.4, 0.5) is 5.00 Å². The van der Waals surface area contributed by atoms with Gasteiger partial charge in [-0.2, -0.15) is 0 Å². The molecule has 1 aliphatic heterocycles. The van der Waals surface area contributed by atoms with Crippen LogP contribution in [0.5, 0.6) is 0 Å². The number of aryl methyl sites for hydroxylation is 1. The molecular weight excluding hydrogens is 318 g/mol. The molecule has 7 heteroatoms. The molecule has 0 spiro atoms. The van der Waals surface area contributed by atoms with Crippen molar-refractivity contribution >= 4 is 28.2 Å². The van der Waals surface area contributed by atoms with E-state index >= 15 is 0 Å². The van der Waals surface area contributed by atoms with Crippen LogP contribution >= 0.6 is 11.3 Å². The van der Waals surface area contributed by atoms with E-state index in [0.717, 1.165) is 36.1 Å². The molecule has 23 heavy (non-hydrogen) atoms. The summed E-state index contributed by atoms with van der Waals surface area (Å²) >= 11 is 1.45. The van der Waals surface area contributed by atoms with Crippen LogP contribution < -0.4 is 5.32 Å². The van der Waals surface area contributed by atoms with Crippen LogP contribution in [0.25, 0.3) is 0 Å². The van der Waals surface area contributed by atoms with Crippen molar-refractivity contribution in [2.45, 2.75) is 32.6 Å². The summed E-state index contributed by atoms with van der Waals surface area (Å²) in [5.74, 6) is -0.664. The predicted octanol–water partition coefficient (Wildman–Crippen LogP) is 2.63. The monoisotopic (exact) mass is 337 g/mol. The zero-order chi connectivity index (χ0) is 16.2. The Balaban J connectivity index is 1.88. The largest absolute Gasteiger partial charge is 0.494 e. The normalized spacial score (nSPS) is 16.5. The molecule has 1 N–H and O–H groups in total. The molecule has 0 atom stereocenters. The van der Waals surface area contributed by atoms with E-state index in [1.807, 2.05) is 0 Å². The summed E-state index contributed by atoms with van der Waals surface area (Å²) in [5, 5.41) is 3.32. The molecule has 0 radical (unpaired) electrons. The van der Waals surface area contributed by atoms with E-state index in [1.165, 1.54) is 17.6 Å². The average Bonchev–Trinajstić information content (AvgIpc) is 2.93. The maximum absolute atomic E-state index is 12.3. The van der Waals surface area contributed by atoms with Crippen molar-refractivity contribution < 1.29 is 23.8 Å². The second kappa shape index (κ2) is 7.04. The average molecular weight is 337 g/mol. The van der Waals surface area contributed by atoms with Gasteiger partial charge in [0.1, 0.15) is 24.5 Å². The lowest BCUT2D eigenvalue weighted by Gasteiger charge is -2.15. The lowest BCUT2D eigenvalue weighted by molar-refractivity contribution is -0.117. The first-order valence-corrected chi connectivity index (χ1v) is 8.60. The highest BCUT2D eigenvalue weighted by Gasteiger charge is 2.28. The molecule has 1 aromatic rings. The van der Waals surface area contributed by atoms with E-state index in [4.69, 9.17) is 14.2 Å². The van der Waals surface area contributed by atoms with Crippen molar-refractivity contribution in [1.82, 2.24) is 0 Å². The van der Waals surface area contributed by atoms with E-state index in [0.29, 0.717) is 30.4 Å². The smallest absolute Gasteiger partial charge is 0.341 e. The first kappa shape index (κ1) is 15.9. The molecule has 2 aliphatic rings. The third-order valence-electron chi connectivity index (χ3n) is 3.75. The van der Waals surface area contributed by atoms with Crippen LogP contribution in [-0.4, -0.2) is 31.7 Å². The molecule has 0 aromatic carbocycles. The van der Waals surface area contributed by atoms with E-state index in [-0.39, 0.29) is 11.7 Å². The number of hydrogen-bond donors (Lipinski definition) is 1. The maximum atomic E-state index is 12.3. The summed E-state index contributed by atoms with van der Waals surface area (Å²) in [5.41, 5.74) is 1.52. The van der Waals surface area contributed by atoms with Crippen molar-refractivity contribution in [2.75, 3.05) is 25.1 Å². The van der Waals surface area contributed by atoms with Crippen LogP contribution in [0.15, 0.2) is 12.0 Å². The molecule has 0 fully saturated rings. The third kappa shape index (κ3) is 3.34. The number of fused-ring (bicyclic) bond motifs is 1. The van der Waals surface area contributed by atoms with Gasteiger partial charge in [-0.1, -0.05) is 0 Å². The van der Waals surface area contributed by atoms with Crippen LogP contribution in [0.3, 0.4) is 0 Å². The molecular formula is C16H19NO5S. The summed E-state index contributed by atoms with van der Waals surface area (Å²) in [6, 6.07) is 0. The number of thiophene rings is 1. The highest BCUT2D eigenvalue weighted by atomic mass is 32.1. The van der Waals surface area contributed by atoms with E-state index in [2.05, 4.69) is 5.32 Å². The standard InChI is InChI=1S/C16H19NO5S/c1-2-21-16(19)13-10-5-3-4-6-12(10)23-15(13)17-14(18)11-9-20-7-8-22-11/h9H,2-8H2,1H3,(H,17,18). The van der Waals surface area contributed by atoms with Crippen LogP contribution in [0.2, 0.25) is 0 Å². The Morgan fingerprint density at radius 3 is 2.87 bits per heavy atom. The summed E-state index contributed by atoms with van der Waals surface area (Å²) in [6.45, 7) is 2.84. The first-order valence-electron chi connectivity index (χ1n) is 7.78. The fourth-order valence-electron chi connectivity index (χ4n) is 2.73. The van der Waals surface area contributed by atoms with Gasteiger partial charge < -0.3 is 19.5 Å². The Labute approximate surface area is 138 Å². The second-order valence-electron chi connectivity index (χ2n) is 5.29. The van der Waals surface area contributed by atoms with Crippen molar-refractivity contribution in [3.8, 4) is 0 Å². The number of ether oxygens (including phenoxy) is 3. The summed E-state index contributed by atoms with van der Waals surface area (Å²) < 4.78 is 15.5. The molecule has 1 amide bonds. The highest BCUT2D eigenvalue weighted by Crippen LogP contribution is 2.38. The Hall–Kier alpha value is -2.02. The van der Waals surface area contributed by atoms with Gasteiger partial charge in [-0.25, -0.2) is 4.79 Å². The molecule has 0 bridgehead atoms. The second-order valence-corrected chi connectivity index (χ2v) is 6.40. The Morgan fingerprint density at radius 2 is 2.13 bits per heavy atom. The highest BCUT2D eigenvalue weighted by molar-refractivity contribution is 7.17. The van der Waals surface area contributed by atoms with Gasteiger partial charge >= 0.3 is 5.97 Å². The van der Waals surface area contributed by atoms with Crippen molar-refractivity contribution in [1.29, 1.82) is 0 Å². The molecule has 2 heterocycles. The molecule has 1 aliphatic carbocycles. The number of amides is 1. The number of nitrogens with one attached hydrogen (secondary N) is 1. The first-order chi connectivity index (χ1) is 11.2. The third-order valence-corrected chi connectivity index (χ3v) is 4.96. The van der Waals surface area contributed by atoms with Crippen molar-refractivity contribution in [2.24, 2.45) is 0 Å². The Kier molecular flexibility index (Phi) is 4.85. The number of anilines is 1. The van der Waals surface area contributed by atoms with Crippen LogP contribution in [0.1, 0.15) is 40.6 Å². The minimum absolute atomic E-state index is 0.123. The minimum atomic E-state index is -0.408. The van der Waals surface area contributed by atoms with Gasteiger partial charge in [0, 0.05) is 4.88 Å². The number of hydrogen-bond acceptors (Lipinski definition) is 6. The number of carbonyl (C=O) groups is 2. The van der Waals surface area contributed by atoms with Gasteiger partial charge in [-0.3, -0.25) is 4.79 Å². The maximum Gasteiger partial charge on any atom is 0.341 e. The van der Waals surface area contributed by atoms with Crippen molar-refractivity contribution in [3.63, 3.8) is 0 Å². The van der Waals surface area contributed by atoms with Gasteiger partial charge in [-0.05, 0) is 38.2 Å². The van der Waals surface area contributed by atoms with E-state index in [1.54, 1.807) is 6.92 Å². The van der Waals surface area contributed by atoms with Crippen LogP contribution in [0, 0.1) is 0 Å². The fourth-order valence-corrected chi connectivity index (χ4v) is 4.00. The van der Waals surface area contributed by atoms with Gasteiger partial charge in [0.05, 0.1) is 12.2 Å². The van der Waals surface area contributed by atoms with Crippen LogP contribution in [-0.2, 0) is 31.8 Å². The molecule has 0 saturated heterocycles. The van der Waals surface area contributed by atoms with Gasteiger partial charge in [0.2, 0.25) is 5.76 Å². The fraction of sp³-hybridized carbons (Fsp3) is 0.500. The van der Waals surface area contributed by atoms with E-state index < -0.39 is 5.91 Å². The summed E-state index contributed by atoms with van der Waals surface area (Å²) in [6.07, 6.45) is 5.23. The lowest BCUT2D eigenvalue weighted by Crippen LogP contribution is -2.22. The number of carbonyl (C=O) groups excluding carboxylic acids is 2. The topological polar surface area (TPSA) is 73.9 Å². The molecule has 1 aromatic heterocycles. The Morgan fingerprint density at radius 1 is 1.30 bits per heavy atom. The zero-order valence-electron chi connectivity index (χ0n) is 13.0. The van der Waals surface area contributed by atoms with Gasteiger partial charge in [-0.15, -0.1) is 11.3 Å². The van der Waals surface area contributed by atoms with E-state index in [9.17, 15) is 9.59 Å². The summed E-state index contributed by atoms with van der Waals surface area (Å²) in [4.78, 5) is 25.8. The van der Waals surface area contributed by atoms with Crippen molar-refractivity contribution in [3.05, 3.63) is 28.0 Å². The lowest BCUT2D eigenvalue weighted by atomic mass is 9.95. The quantitative estimate of drug-likeness (QED) is 0.855. The minimum Gasteiger partial charge on any atom is -0.494 e. The molecule has 0 saturated carbocycles. The SMILES string of the molecule is CCOC(=O)c1c(NC(=O)C2=COCCO2)sc2c1CCCC2. The molecule has 3 rings (SSSR count). The molecule has 0 unspecified atom stereocenters. The zero-order valence-corrected chi connectivity index (χ0v) is 13.8. The molecule has 6 nitrogen and oxygen atoms in total. The van der Waals surface area contributed by atoms with Gasteiger partial charge in [0.25, 0.3) is 5.91 Å². The Bertz CT molecular complexity index is 649. The molecule has 124 valence electrons. The summed E-state index contributed by atoms with van der Waals surface area (Å²) in [7, 11) is 0. The number of esters is 1.